The summed E-state index contributed by atoms with van der Waals surface area (Å²) in [5.41, 5.74) is 1.83. The summed E-state index contributed by atoms with van der Waals surface area (Å²) in [5, 5.41) is 8.90. The van der Waals surface area contributed by atoms with Crippen LogP contribution >= 0.6 is 15.9 Å². The van der Waals surface area contributed by atoms with E-state index in [2.05, 4.69) is 25.8 Å². The van der Waals surface area contributed by atoms with E-state index in [9.17, 15) is 9.59 Å². The van der Waals surface area contributed by atoms with Crippen LogP contribution in [0.15, 0.2) is 39.7 Å². The number of aromatic carboxylic acids is 1. The van der Waals surface area contributed by atoms with Crippen molar-refractivity contribution in [1.29, 1.82) is 0 Å². The predicted octanol–water partition coefficient (Wildman–Crippen LogP) is 3.10. The zero-order chi connectivity index (χ0) is 15.7. The number of benzene rings is 1. The summed E-state index contributed by atoms with van der Waals surface area (Å²) in [6.45, 7) is 2.12. The van der Waals surface area contributed by atoms with Crippen molar-refractivity contribution in [3.8, 4) is 11.3 Å². The Labute approximate surface area is 135 Å². The number of rotatable bonds is 3. The van der Waals surface area contributed by atoms with Crippen molar-refractivity contribution >= 4 is 27.6 Å². The van der Waals surface area contributed by atoms with E-state index in [1.807, 2.05) is 18.2 Å². The topological polar surface area (TPSA) is 73.4 Å². The number of carbonyl (C=O) groups is 1. The van der Waals surface area contributed by atoms with Crippen LogP contribution in [0.5, 0.6) is 0 Å². The Bertz CT molecular complexity index is 779. The number of aromatic amines is 1. The molecule has 0 atom stereocenters. The van der Waals surface area contributed by atoms with Crippen LogP contribution in [0.4, 0.5) is 5.69 Å². The van der Waals surface area contributed by atoms with Gasteiger partial charge in [-0.2, -0.15) is 0 Å². The van der Waals surface area contributed by atoms with Gasteiger partial charge in [0.25, 0.3) is 0 Å². The highest BCUT2D eigenvalue weighted by molar-refractivity contribution is 9.10. The van der Waals surface area contributed by atoms with Crippen molar-refractivity contribution in [2.24, 2.45) is 0 Å². The molecule has 1 saturated heterocycles. The molecule has 114 valence electrons. The summed E-state index contributed by atoms with van der Waals surface area (Å²) >= 11 is 3.58. The average molecular weight is 363 g/mol. The van der Waals surface area contributed by atoms with Crippen molar-refractivity contribution in [2.75, 3.05) is 18.0 Å². The van der Waals surface area contributed by atoms with Gasteiger partial charge < -0.3 is 15.0 Å². The maximum atomic E-state index is 11.8. The quantitative estimate of drug-likeness (QED) is 0.879. The Balaban J connectivity index is 1.95. The van der Waals surface area contributed by atoms with Crippen molar-refractivity contribution in [1.82, 2.24) is 4.98 Å². The molecule has 5 nitrogen and oxygen atoms in total. The molecule has 3 rings (SSSR count). The second kappa shape index (κ2) is 5.96. The van der Waals surface area contributed by atoms with Gasteiger partial charge in [0, 0.05) is 35.5 Å². The standard InChI is InChI=1S/C16H15BrN2O3/c17-12-7-10(3-4-14(12)19-5-1-2-6-19)13-8-15(20)11(9-18-13)16(21)22/h3-4,7-9H,1-2,5-6H2,(H,18,20)(H,21,22). The molecule has 0 spiro atoms. The van der Waals surface area contributed by atoms with E-state index in [1.165, 1.54) is 25.1 Å². The Hall–Kier alpha value is -2.08. The molecule has 1 aromatic heterocycles. The summed E-state index contributed by atoms with van der Waals surface area (Å²) in [6.07, 6.45) is 3.65. The number of nitrogens with zero attached hydrogens (tertiary/aromatic N) is 1. The zero-order valence-electron chi connectivity index (χ0n) is 11.8. The maximum absolute atomic E-state index is 11.8. The minimum Gasteiger partial charge on any atom is -0.477 e. The normalized spacial score (nSPS) is 14.3. The fourth-order valence-corrected chi connectivity index (χ4v) is 3.32. The molecule has 0 saturated carbocycles. The van der Waals surface area contributed by atoms with Crippen LogP contribution in [-0.4, -0.2) is 29.1 Å². The smallest absolute Gasteiger partial charge is 0.341 e. The van der Waals surface area contributed by atoms with Gasteiger partial charge in [-0.3, -0.25) is 4.79 Å². The number of hydrogen-bond acceptors (Lipinski definition) is 3. The fourth-order valence-electron chi connectivity index (χ4n) is 2.69. The first-order valence-corrected chi connectivity index (χ1v) is 7.86. The molecule has 6 heteroatoms. The van der Waals surface area contributed by atoms with Gasteiger partial charge >= 0.3 is 5.97 Å². The van der Waals surface area contributed by atoms with Gasteiger partial charge in [0.15, 0.2) is 5.43 Å². The molecule has 2 aromatic rings. The van der Waals surface area contributed by atoms with Gasteiger partial charge in [0.1, 0.15) is 5.56 Å². The van der Waals surface area contributed by atoms with Crippen molar-refractivity contribution in [3.05, 3.63) is 50.7 Å². The molecular weight excluding hydrogens is 348 g/mol. The lowest BCUT2D eigenvalue weighted by molar-refractivity contribution is 0.0695. The third-order valence-corrected chi connectivity index (χ3v) is 4.48. The fraction of sp³-hybridized carbons (Fsp3) is 0.250. The Morgan fingerprint density at radius 3 is 2.55 bits per heavy atom. The largest absolute Gasteiger partial charge is 0.477 e. The highest BCUT2D eigenvalue weighted by Crippen LogP contribution is 2.32. The summed E-state index contributed by atoms with van der Waals surface area (Å²) in [4.78, 5) is 27.9. The lowest BCUT2D eigenvalue weighted by Crippen LogP contribution is -2.18. The average Bonchev–Trinajstić information content (AvgIpc) is 3.00. The van der Waals surface area contributed by atoms with Crippen molar-refractivity contribution in [3.63, 3.8) is 0 Å². The van der Waals surface area contributed by atoms with E-state index in [4.69, 9.17) is 5.11 Å². The number of pyridine rings is 1. The lowest BCUT2D eigenvalue weighted by Gasteiger charge is -2.19. The number of carboxylic acid groups (broad SMARTS) is 1. The van der Waals surface area contributed by atoms with Gasteiger partial charge in [-0.25, -0.2) is 4.79 Å². The van der Waals surface area contributed by atoms with Gasteiger partial charge in [-0.1, -0.05) is 6.07 Å². The van der Waals surface area contributed by atoms with Gasteiger partial charge in [-0.15, -0.1) is 0 Å². The van der Waals surface area contributed by atoms with Gasteiger partial charge in [-0.05, 0) is 46.5 Å². The second-order valence-electron chi connectivity index (χ2n) is 5.29. The summed E-state index contributed by atoms with van der Waals surface area (Å²) in [6, 6.07) is 7.22. The molecule has 1 aliphatic rings. The SMILES string of the molecule is O=C(O)c1c[nH]c(-c2ccc(N3CCCC3)c(Br)c2)cc1=O. The van der Waals surface area contributed by atoms with E-state index >= 15 is 0 Å². The molecule has 1 aliphatic heterocycles. The van der Waals surface area contributed by atoms with Crippen molar-refractivity contribution < 1.29 is 9.90 Å². The van der Waals surface area contributed by atoms with Crippen LogP contribution < -0.4 is 10.3 Å². The monoisotopic (exact) mass is 362 g/mol. The summed E-state index contributed by atoms with van der Waals surface area (Å²) in [5.74, 6) is -1.22. The van der Waals surface area contributed by atoms with E-state index in [0.29, 0.717) is 5.69 Å². The summed E-state index contributed by atoms with van der Waals surface area (Å²) in [7, 11) is 0. The van der Waals surface area contributed by atoms with Crippen LogP contribution in [0, 0.1) is 0 Å². The minimum absolute atomic E-state index is 0.253. The number of H-pyrrole nitrogens is 1. The number of halogens is 1. The molecule has 0 unspecified atom stereocenters. The molecule has 1 aromatic carbocycles. The Morgan fingerprint density at radius 2 is 1.95 bits per heavy atom. The molecule has 0 amide bonds. The van der Waals surface area contributed by atoms with E-state index in [0.717, 1.165) is 28.8 Å². The van der Waals surface area contributed by atoms with Gasteiger partial charge in [0.05, 0.1) is 5.69 Å². The minimum atomic E-state index is -1.22. The van der Waals surface area contributed by atoms with Crippen LogP contribution in [0.25, 0.3) is 11.3 Å². The second-order valence-corrected chi connectivity index (χ2v) is 6.14. The van der Waals surface area contributed by atoms with Crippen molar-refractivity contribution in [2.45, 2.75) is 12.8 Å². The van der Waals surface area contributed by atoms with E-state index in [1.54, 1.807) is 0 Å². The molecule has 1 fully saturated rings. The third-order valence-electron chi connectivity index (χ3n) is 3.85. The molecule has 0 aliphatic carbocycles. The number of hydrogen-bond donors (Lipinski definition) is 2. The van der Waals surface area contributed by atoms with E-state index < -0.39 is 11.4 Å². The van der Waals surface area contributed by atoms with Crippen LogP contribution in [0.3, 0.4) is 0 Å². The first kappa shape index (κ1) is 14.8. The first-order chi connectivity index (χ1) is 10.6. The highest BCUT2D eigenvalue weighted by Gasteiger charge is 2.16. The van der Waals surface area contributed by atoms with Gasteiger partial charge in [0.2, 0.25) is 0 Å². The number of carboxylic acids is 1. The van der Waals surface area contributed by atoms with E-state index in [-0.39, 0.29) is 5.56 Å². The van der Waals surface area contributed by atoms with Crippen LogP contribution in [0.2, 0.25) is 0 Å². The Kier molecular flexibility index (Phi) is 4.02. The molecule has 2 N–H and O–H groups in total. The predicted molar refractivity (Wildman–Crippen MR) is 88.6 cm³/mol. The van der Waals surface area contributed by atoms with Crippen LogP contribution in [0.1, 0.15) is 23.2 Å². The Morgan fingerprint density at radius 1 is 1.23 bits per heavy atom. The number of aromatic nitrogens is 1. The molecule has 2 heterocycles. The highest BCUT2D eigenvalue weighted by atomic mass is 79.9. The molecule has 0 bridgehead atoms. The molecular formula is C16H15BrN2O3. The number of nitrogens with one attached hydrogen (secondary N) is 1. The van der Waals surface area contributed by atoms with Crippen LogP contribution in [-0.2, 0) is 0 Å². The number of anilines is 1. The molecule has 22 heavy (non-hydrogen) atoms. The maximum Gasteiger partial charge on any atom is 0.341 e. The lowest BCUT2D eigenvalue weighted by atomic mass is 10.1. The summed E-state index contributed by atoms with van der Waals surface area (Å²) < 4.78 is 0.968. The first-order valence-electron chi connectivity index (χ1n) is 7.07. The third kappa shape index (κ3) is 2.78. The molecule has 0 radical (unpaired) electrons. The zero-order valence-corrected chi connectivity index (χ0v) is 13.4.